The third-order valence-electron chi connectivity index (χ3n) is 14.2. The van der Waals surface area contributed by atoms with Gasteiger partial charge < -0.3 is 23.7 Å². The van der Waals surface area contributed by atoms with Crippen LogP contribution in [0.3, 0.4) is 0 Å². The van der Waals surface area contributed by atoms with Gasteiger partial charge in [0.2, 0.25) is 0 Å². The van der Waals surface area contributed by atoms with Crippen LogP contribution in [-0.4, -0.2) is 75.5 Å². The van der Waals surface area contributed by atoms with Crippen molar-refractivity contribution in [3.8, 4) is 11.5 Å². The van der Waals surface area contributed by atoms with E-state index in [1.165, 1.54) is 114 Å². The fourth-order valence-corrected chi connectivity index (χ4v) is 9.84. The van der Waals surface area contributed by atoms with Crippen molar-refractivity contribution in [2.24, 2.45) is 11.8 Å². The third kappa shape index (κ3) is 24.3. The number of carbonyl (C=O) groups excluding carboxylic acids is 3. The standard InChI is InChI=1S/C58H91NO8/c1-5-7-13-19-48-21-25-50(26-22-48)52-29-33-54(34-30-52)63-42-15-9-11-17-44-65-56(60)37-39-59(41-46-67-58(62)47(3)4)40-38-57(61)66-45-18-12-10-16-43-64-55-35-31-53(32-36-55)51-27-23-49(24-28-51)20-14-8-6-2/h29-36,48-51H,3,5-28,37-46H2,1-2,4H3. The van der Waals surface area contributed by atoms with Gasteiger partial charge in [-0.2, -0.15) is 0 Å². The molecular weight excluding hydrogens is 839 g/mol. The predicted octanol–water partition coefficient (Wildman–Crippen LogP) is 14.3. The Bertz CT molecular complexity index is 1520. The molecule has 0 spiro atoms. The Balaban J connectivity index is 0.992. The van der Waals surface area contributed by atoms with Crippen molar-refractivity contribution in [1.29, 1.82) is 0 Å². The van der Waals surface area contributed by atoms with E-state index in [-0.39, 0.29) is 31.4 Å². The molecule has 0 atom stereocenters. The minimum absolute atomic E-state index is 0.139. The van der Waals surface area contributed by atoms with Crippen LogP contribution in [0.15, 0.2) is 60.7 Å². The van der Waals surface area contributed by atoms with E-state index in [1.54, 1.807) is 6.92 Å². The summed E-state index contributed by atoms with van der Waals surface area (Å²) < 4.78 is 28.4. The number of rotatable bonds is 36. The van der Waals surface area contributed by atoms with Crippen LogP contribution in [0.25, 0.3) is 0 Å². The topological polar surface area (TPSA) is 101 Å². The molecule has 2 aliphatic carbocycles. The number of ether oxygens (including phenoxy) is 5. The maximum atomic E-state index is 12.6. The third-order valence-corrected chi connectivity index (χ3v) is 14.2. The van der Waals surface area contributed by atoms with E-state index in [2.05, 4.69) is 69.0 Å². The van der Waals surface area contributed by atoms with Crippen LogP contribution in [0.2, 0.25) is 0 Å². The first kappa shape index (κ1) is 55.7. The molecule has 0 aliphatic heterocycles. The summed E-state index contributed by atoms with van der Waals surface area (Å²) in [5, 5.41) is 0. The minimum Gasteiger partial charge on any atom is -0.494 e. The van der Waals surface area contributed by atoms with Crippen LogP contribution in [0.5, 0.6) is 11.5 Å². The summed E-state index contributed by atoms with van der Waals surface area (Å²) in [6, 6.07) is 17.6. The molecule has 4 rings (SSSR count). The van der Waals surface area contributed by atoms with E-state index in [4.69, 9.17) is 23.7 Å². The molecule has 0 bridgehead atoms. The van der Waals surface area contributed by atoms with Crippen molar-refractivity contribution in [3.63, 3.8) is 0 Å². The highest BCUT2D eigenvalue weighted by atomic mass is 16.5. The summed E-state index contributed by atoms with van der Waals surface area (Å²) in [6.07, 6.45) is 29.5. The fraction of sp³-hybridized carbons (Fsp3) is 0.707. The SMILES string of the molecule is C=C(C)C(=O)OCCN(CCC(=O)OCCCCCCOc1ccc(C2CCC(CCCCC)CC2)cc1)CCC(=O)OCCCCCCOc1ccc(C2CCC(CCCCC)CC2)cc1. The molecule has 0 aromatic heterocycles. The molecule has 0 amide bonds. The molecule has 0 N–H and O–H groups in total. The van der Waals surface area contributed by atoms with E-state index < -0.39 is 5.97 Å². The fourth-order valence-electron chi connectivity index (χ4n) is 9.84. The van der Waals surface area contributed by atoms with Crippen molar-refractivity contribution in [2.45, 2.75) is 200 Å². The molecule has 0 heterocycles. The molecular formula is C58H91NO8. The zero-order chi connectivity index (χ0) is 47.7. The van der Waals surface area contributed by atoms with E-state index in [0.717, 1.165) is 74.7 Å². The van der Waals surface area contributed by atoms with Crippen LogP contribution < -0.4 is 9.47 Å². The minimum atomic E-state index is -0.458. The second-order valence-corrected chi connectivity index (χ2v) is 19.8. The largest absolute Gasteiger partial charge is 0.494 e. The van der Waals surface area contributed by atoms with Crippen LogP contribution in [0.4, 0.5) is 0 Å². The van der Waals surface area contributed by atoms with E-state index in [1.807, 2.05) is 4.90 Å². The summed E-state index contributed by atoms with van der Waals surface area (Å²) in [6.45, 7) is 13.2. The molecule has 2 aromatic carbocycles. The number of hydrogen-bond donors (Lipinski definition) is 0. The molecule has 376 valence electrons. The van der Waals surface area contributed by atoms with Crippen LogP contribution >= 0.6 is 0 Å². The highest BCUT2D eigenvalue weighted by molar-refractivity contribution is 5.86. The highest BCUT2D eigenvalue weighted by Crippen LogP contribution is 2.39. The lowest BCUT2D eigenvalue weighted by Crippen LogP contribution is -2.33. The lowest BCUT2D eigenvalue weighted by Gasteiger charge is -2.29. The normalized spacial score (nSPS) is 18.3. The number of carbonyl (C=O) groups is 3. The van der Waals surface area contributed by atoms with Crippen molar-refractivity contribution in [2.75, 3.05) is 52.7 Å². The van der Waals surface area contributed by atoms with Gasteiger partial charge in [-0.25, -0.2) is 4.79 Å². The summed E-state index contributed by atoms with van der Waals surface area (Å²) in [7, 11) is 0. The Labute approximate surface area is 406 Å². The Morgan fingerprint density at radius 3 is 1.28 bits per heavy atom. The van der Waals surface area contributed by atoms with E-state index in [0.29, 0.717) is 63.5 Å². The van der Waals surface area contributed by atoms with Gasteiger partial charge in [0.05, 0.1) is 39.3 Å². The van der Waals surface area contributed by atoms with Gasteiger partial charge in [0.1, 0.15) is 18.1 Å². The zero-order valence-corrected chi connectivity index (χ0v) is 42.4. The average Bonchev–Trinajstić information content (AvgIpc) is 3.34. The highest BCUT2D eigenvalue weighted by Gasteiger charge is 2.23. The van der Waals surface area contributed by atoms with Crippen molar-refractivity contribution in [3.05, 3.63) is 71.8 Å². The van der Waals surface area contributed by atoms with Gasteiger partial charge in [0.15, 0.2) is 0 Å². The first-order valence-corrected chi connectivity index (χ1v) is 27.1. The number of hydrogen-bond acceptors (Lipinski definition) is 9. The molecule has 9 heteroatoms. The number of unbranched alkanes of at least 4 members (excludes halogenated alkanes) is 10. The Hall–Kier alpha value is -3.85. The van der Waals surface area contributed by atoms with Crippen LogP contribution in [0, 0.1) is 11.8 Å². The second kappa shape index (κ2) is 34.4. The quantitative estimate of drug-likeness (QED) is 0.0286. The monoisotopic (exact) mass is 930 g/mol. The summed E-state index contributed by atoms with van der Waals surface area (Å²) >= 11 is 0. The van der Waals surface area contributed by atoms with Gasteiger partial charge in [-0.1, -0.05) is 96.1 Å². The summed E-state index contributed by atoms with van der Waals surface area (Å²) in [5.74, 6) is 4.10. The van der Waals surface area contributed by atoms with Gasteiger partial charge in [0.25, 0.3) is 0 Å². The maximum absolute atomic E-state index is 12.6. The van der Waals surface area contributed by atoms with Crippen molar-refractivity contribution < 1.29 is 38.1 Å². The second-order valence-electron chi connectivity index (χ2n) is 19.8. The predicted molar refractivity (Wildman–Crippen MR) is 272 cm³/mol. The van der Waals surface area contributed by atoms with E-state index in [9.17, 15) is 14.4 Å². The lowest BCUT2D eigenvalue weighted by atomic mass is 9.77. The number of nitrogens with zero attached hydrogens (tertiary/aromatic N) is 1. The van der Waals surface area contributed by atoms with Gasteiger partial charge in [-0.05, 0) is 169 Å². The van der Waals surface area contributed by atoms with Crippen LogP contribution in [-0.2, 0) is 28.6 Å². The number of esters is 3. The molecule has 9 nitrogen and oxygen atoms in total. The molecule has 2 saturated carbocycles. The van der Waals surface area contributed by atoms with Gasteiger partial charge in [-0.15, -0.1) is 0 Å². The zero-order valence-electron chi connectivity index (χ0n) is 42.4. The molecule has 0 radical (unpaired) electrons. The van der Waals surface area contributed by atoms with E-state index >= 15 is 0 Å². The molecule has 2 aromatic rings. The molecule has 0 saturated heterocycles. The van der Waals surface area contributed by atoms with Crippen molar-refractivity contribution in [1.82, 2.24) is 4.90 Å². The van der Waals surface area contributed by atoms with Gasteiger partial charge in [-0.3, -0.25) is 14.5 Å². The molecule has 2 fully saturated rings. The molecule has 0 unspecified atom stereocenters. The van der Waals surface area contributed by atoms with Crippen molar-refractivity contribution >= 4 is 17.9 Å². The lowest BCUT2D eigenvalue weighted by molar-refractivity contribution is -0.145. The maximum Gasteiger partial charge on any atom is 0.333 e. The van der Waals surface area contributed by atoms with Crippen LogP contribution in [0.1, 0.15) is 211 Å². The molecule has 67 heavy (non-hydrogen) atoms. The molecule has 2 aliphatic rings. The Morgan fingerprint density at radius 2 is 0.896 bits per heavy atom. The summed E-state index contributed by atoms with van der Waals surface area (Å²) in [4.78, 5) is 39.1. The number of benzene rings is 2. The summed E-state index contributed by atoms with van der Waals surface area (Å²) in [5.41, 5.74) is 3.24. The first-order chi connectivity index (χ1) is 32.7. The van der Waals surface area contributed by atoms with Gasteiger partial charge >= 0.3 is 17.9 Å². The Kier molecular flexibility index (Phi) is 28.7. The average molecular weight is 930 g/mol. The Morgan fingerprint density at radius 1 is 0.493 bits per heavy atom. The smallest absolute Gasteiger partial charge is 0.333 e. The first-order valence-electron chi connectivity index (χ1n) is 27.1. The van der Waals surface area contributed by atoms with Gasteiger partial charge in [0, 0.05) is 25.2 Å².